The number of aliphatic hydroxyl groups excluding tert-OH is 1. The molecule has 0 aliphatic carbocycles. The molecule has 0 atom stereocenters. The fourth-order valence-electron chi connectivity index (χ4n) is 1.70. The van der Waals surface area contributed by atoms with Crippen LogP contribution in [0.15, 0.2) is 4.47 Å². The van der Waals surface area contributed by atoms with Gasteiger partial charge in [0.15, 0.2) is 0 Å². The van der Waals surface area contributed by atoms with Gasteiger partial charge in [0.25, 0.3) is 0 Å². The predicted octanol–water partition coefficient (Wildman–Crippen LogP) is 3.78. The molecule has 1 aromatic carbocycles. The Hall–Kier alpha value is -0.780. The van der Waals surface area contributed by atoms with Gasteiger partial charge in [0.1, 0.15) is 11.3 Å². The van der Waals surface area contributed by atoms with E-state index in [-0.39, 0.29) is 22.9 Å². The van der Waals surface area contributed by atoms with Gasteiger partial charge < -0.3 is 14.9 Å². The predicted molar refractivity (Wildman–Crippen MR) is 77.2 cm³/mol. The van der Waals surface area contributed by atoms with Gasteiger partial charge in [0.05, 0.1) is 22.7 Å². The third-order valence-corrected chi connectivity index (χ3v) is 4.13. The maximum absolute atomic E-state index is 11.4. The van der Waals surface area contributed by atoms with Gasteiger partial charge in [-0.2, -0.15) is 0 Å². The molecule has 0 aliphatic rings. The average Bonchev–Trinajstić information content (AvgIpc) is 2.36. The molecule has 0 bridgehead atoms. The van der Waals surface area contributed by atoms with Crippen molar-refractivity contribution in [3.05, 3.63) is 26.2 Å². The summed E-state index contributed by atoms with van der Waals surface area (Å²) in [5.41, 5.74) is 0.869. The van der Waals surface area contributed by atoms with Gasteiger partial charge in [-0.05, 0) is 34.8 Å². The highest BCUT2D eigenvalue weighted by Crippen LogP contribution is 2.40. The van der Waals surface area contributed by atoms with Crippen LogP contribution in [0, 0.1) is 6.92 Å². The minimum absolute atomic E-state index is 0.0326. The van der Waals surface area contributed by atoms with Crippen LogP contribution >= 0.6 is 27.5 Å². The lowest BCUT2D eigenvalue weighted by Crippen LogP contribution is -2.10. The SMILES string of the molecule is CCCCOc1c(Br)c(CO)c(Cl)c(C)c1C(=O)O. The smallest absolute Gasteiger partial charge is 0.339 e. The zero-order valence-electron chi connectivity index (χ0n) is 10.8. The van der Waals surface area contributed by atoms with E-state index in [0.717, 1.165) is 12.8 Å². The molecule has 4 nitrogen and oxygen atoms in total. The number of ether oxygens (including phenoxy) is 1. The number of rotatable bonds is 6. The largest absolute Gasteiger partial charge is 0.491 e. The van der Waals surface area contributed by atoms with E-state index in [2.05, 4.69) is 15.9 Å². The van der Waals surface area contributed by atoms with Crippen LogP contribution < -0.4 is 4.74 Å². The van der Waals surface area contributed by atoms with Crippen molar-refractivity contribution in [3.63, 3.8) is 0 Å². The summed E-state index contributed by atoms with van der Waals surface area (Å²) in [5, 5.41) is 18.9. The van der Waals surface area contributed by atoms with E-state index < -0.39 is 5.97 Å². The van der Waals surface area contributed by atoms with Crippen LogP contribution in [0.25, 0.3) is 0 Å². The second-order valence-electron chi connectivity index (χ2n) is 4.10. The number of carboxylic acids is 1. The molecule has 6 heteroatoms. The van der Waals surface area contributed by atoms with Gasteiger partial charge in [-0.15, -0.1) is 0 Å². The lowest BCUT2D eigenvalue weighted by Gasteiger charge is -2.17. The van der Waals surface area contributed by atoms with Crippen molar-refractivity contribution < 1.29 is 19.7 Å². The summed E-state index contributed by atoms with van der Waals surface area (Å²) in [6, 6.07) is 0. The van der Waals surface area contributed by atoms with Gasteiger partial charge in [0, 0.05) is 5.56 Å². The molecule has 0 aromatic heterocycles. The molecular weight excluding hydrogens is 335 g/mol. The van der Waals surface area contributed by atoms with Gasteiger partial charge in [0.2, 0.25) is 0 Å². The summed E-state index contributed by atoms with van der Waals surface area (Å²) in [7, 11) is 0. The Morgan fingerprint density at radius 1 is 1.47 bits per heavy atom. The maximum atomic E-state index is 11.4. The molecule has 0 amide bonds. The third kappa shape index (κ3) is 3.41. The Morgan fingerprint density at radius 2 is 2.11 bits per heavy atom. The monoisotopic (exact) mass is 350 g/mol. The Labute approximate surface area is 125 Å². The Balaban J connectivity index is 3.39. The van der Waals surface area contributed by atoms with E-state index >= 15 is 0 Å². The quantitative estimate of drug-likeness (QED) is 0.765. The fourth-order valence-corrected chi connectivity index (χ4v) is 2.70. The number of benzene rings is 1. The summed E-state index contributed by atoms with van der Waals surface area (Å²) >= 11 is 9.34. The normalized spacial score (nSPS) is 10.6. The topological polar surface area (TPSA) is 66.8 Å². The zero-order valence-corrected chi connectivity index (χ0v) is 13.1. The first-order chi connectivity index (χ1) is 8.95. The van der Waals surface area contributed by atoms with E-state index in [4.69, 9.17) is 16.3 Å². The minimum Gasteiger partial charge on any atom is -0.491 e. The van der Waals surface area contributed by atoms with Crippen molar-refractivity contribution in [2.24, 2.45) is 0 Å². The molecule has 0 heterocycles. The van der Waals surface area contributed by atoms with Gasteiger partial charge >= 0.3 is 5.97 Å². The average molecular weight is 352 g/mol. The number of unbranched alkanes of at least 4 members (excludes halogenated alkanes) is 1. The van der Waals surface area contributed by atoms with Crippen LogP contribution in [-0.2, 0) is 6.61 Å². The highest BCUT2D eigenvalue weighted by molar-refractivity contribution is 9.10. The first-order valence-corrected chi connectivity index (χ1v) is 7.10. The summed E-state index contributed by atoms with van der Waals surface area (Å²) in [4.78, 5) is 11.4. The summed E-state index contributed by atoms with van der Waals surface area (Å²) in [6.07, 6.45) is 1.76. The summed E-state index contributed by atoms with van der Waals surface area (Å²) in [6.45, 7) is 3.75. The molecule has 0 fully saturated rings. The van der Waals surface area contributed by atoms with Crippen LogP contribution in [0.1, 0.15) is 41.3 Å². The van der Waals surface area contributed by atoms with E-state index in [1.54, 1.807) is 6.92 Å². The van der Waals surface area contributed by atoms with Gasteiger partial charge in [-0.1, -0.05) is 24.9 Å². The minimum atomic E-state index is -1.10. The van der Waals surface area contributed by atoms with Crippen molar-refractivity contribution >= 4 is 33.5 Å². The number of aromatic carboxylic acids is 1. The molecule has 19 heavy (non-hydrogen) atoms. The molecule has 0 radical (unpaired) electrons. The van der Waals surface area contributed by atoms with Crippen molar-refractivity contribution in [3.8, 4) is 5.75 Å². The van der Waals surface area contributed by atoms with Crippen molar-refractivity contribution in [2.45, 2.75) is 33.3 Å². The van der Waals surface area contributed by atoms with E-state index in [1.807, 2.05) is 6.92 Å². The van der Waals surface area contributed by atoms with E-state index in [9.17, 15) is 15.0 Å². The zero-order chi connectivity index (χ0) is 14.6. The lowest BCUT2D eigenvalue weighted by molar-refractivity contribution is 0.0691. The van der Waals surface area contributed by atoms with Crippen molar-refractivity contribution in [1.29, 1.82) is 0 Å². The molecule has 106 valence electrons. The Morgan fingerprint density at radius 3 is 2.58 bits per heavy atom. The molecular formula is C13H16BrClO4. The standard InChI is InChI=1S/C13H16BrClO4/c1-3-4-5-19-12-9(13(17)18)7(2)11(15)8(6-16)10(12)14/h16H,3-6H2,1-2H3,(H,17,18). The second kappa shape index (κ2) is 7.12. The highest BCUT2D eigenvalue weighted by Gasteiger charge is 2.24. The van der Waals surface area contributed by atoms with Crippen LogP contribution in [0.2, 0.25) is 5.02 Å². The third-order valence-electron chi connectivity index (χ3n) is 2.78. The summed E-state index contributed by atoms with van der Waals surface area (Å²) < 4.78 is 5.95. The first-order valence-electron chi connectivity index (χ1n) is 5.93. The molecule has 2 N–H and O–H groups in total. The molecule has 0 saturated heterocycles. The molecule has 0 unspecified atom stereocenters. The first kappa shape index (κ1) is 16.3. The number of carboxylic acid groups (broad SMARTS) is 1. The van der Waals surface area contributed by atoms with Crippen LogP contribution in [0.3, 0.4) is 0 Å². The molecule has 0 spiro atoms. The van der Waals surface area contributed by atoms with Crippen LogP contribution in [0.5, 0.6) is 5.75 Å². The van der Waals surface area contributed by atoms with Crippen LogP contribution in [-0.4, -0.2) is 22.8 Å². The van der Waals surface area contributed by atoms with Crippen molar-refractivity contribution in [2.75, 3.05) is 6.61 Å². The molecule has 1 rings (SSSR count). The number of aliphatic hydroxyl groups is 1. The number of hydrogen-bond donors (Lipinski definition) is 2. The van der Waals surface area contributed by atoms with Gasteiger partial charge in [-0.25, -0.2) is 4.79 Å². The molecule has 0 saturated carbocycles. The molecule has 1 aromatic rings. The Kier molecular flexibility index (Phi) is 6.10. The van der Waals surface area contributed by atoms with Crippen molar-refractivity contribution in [1.82, 2.24) is 0 Å². The fraction of sp³-hybridized carbons (Fsp3) is 0.462. The van der Waals surface area contributed by atoms with E-state index in [1.165, 1.54) is 0 Å². The molecule has 0 aliphatic heterocycles. The van der Waals surface area contributed by atoms with E-state index in [0.29, 0.717) is 22.2 Å². The number of hydrogen-bond acceptors (Lipinski definition) is 3. The summed E-state index contributed by atoms with van der Waals surface area (Å²) in [5.74, 6) is -0.872. The highest BCUT2D eigenvalue weighted by atomic mass is 79.9. The van der Waals surface area contributed by atoms with Gasteiger partial charge in [-0.3, -0.25) is 0 Å². The van der Waals surface area contributed by atoms with Crippen LogP contribution in [0.4, 0.5) is 0 Å². The Bertz CT molecular complexity index is 488. The lowest BCUT2D eigenvalue weighted by atomic mass is 10.0. The number of carbonyl (C=O) groups is 1. The second-order valence-corrected chi connectivity index (χ2v) is 5.27. The maximum Gasteiger partial charge on any atom is 0.339 e. The number of halogens is 2.